The summed E-state index contributed by atoms with van der Waals surface area (Å²) < 4.78 is 32.3. The Morgan fingerprint density at radius 2 is 2.28 bits per heavy atom. The summed E-state index contributed by atoms with van der Waals surface area (Å²) in [6, 6.07) is -0.186. The van der Waals surface area contributed by atoms with Crippen LogP contribution in [0, 0.1) is 0 Å². The van der Waals surface area contributed by atoms with E-state index < -0.39 is 10.2 Å². The van der Waals surface area contributed by atoms with E-state index in [4.69, 9.17) is 9.63 Å². The molecule has 1 heterocycles. The molecule has 1 aliphatic rings. The first-order valence-corrected chi connectivity index (χ1v) is 7.15. The van der Waals surface area contributed by atoms with Gasteiger partial charge in [0.15, 0.2) is 0 Å². The topological polar surface area (TPSA) is 95.7 Å². The van der Waals surface area contributed by atoms with Crippen LogP contribution < -0.4 is 4.72 Å². The lowest BCUT2D eigenvalue weighted by Gasteiger charge is -2.24. The van der Waals surface area contributed by atoms with E-state index in [2.05, 4.69) is 9.88 Å². The molecule has 102 valence electrons. The Labute approximate surface area is 106 Å². The first kappa shape index (κ1) is 13.5. The first-order valence-electron chi connectivity index (χ1n) is 5.71. The van der Waals surface area contributed by atoms with E-state index in [0.717, 1.165) is 15.6 Å². The van der Waals surface area contributed by atoms with Crippen LogP contribution in [0.4, 0.5) is 0 Å². The van der Waals surface area contributed by atoms with Crippen molar-refractivity contribution in [3.8, 4) is 0 Å². The highest BCUT2D eigenvalue weighted by Crippen LogP contribution is 2.25. The molecule has 1 atom stereocenters. The van der Waals surface area contributed by atoms with Crippen molar-refractivity contribution < 1.29 is 18.0 Å². The molecule has 0 amide bonds. The summed E-state index contributed by atoms with van der Waals surface area (Å²) >= 11 is 0. The number of nitrogens with one attached hydrogen (secondary N) is 1. The third kappa shape index (κ3) is 2.56. The van der Waals surface area contributed by atoms with Gasteiger partial charge in [0.2, 0.25) is 0 Å². The van der Waals surface area contributed by atoms with Gasteiger partial charge in [0, 0.05) is 32.1 Å². The lowest BCUT2D eigenvalue weighted by molar-refractivity contribution is 0.265. The van der Waals surface area contributed by atoms with Gasteiger partial charge >= 0.3 is 0 Å². The van der Waals surface area contributed by atoms with E-state index in [9.17, 15) is 8.42 Å². The number of aryl methyl sites for hydroxylation is 1. The lowest BCUT2D eigenvalue weighted by Crippen LogP contribution is -2.44. The molecule has 2 N–H and O–H groups in total. The van der Waals surface area contributed by atoms with Gasteiger partial charge < -0.3 is 9.63 Å². The van der Waals surface area contributed by atoms with Crippen LogP contribution >= 0.6 is 0 Å². The van der Waals surface area contributed by atoms with Crippen molar-refractivity contribution in [2.75, 3.05) is 14.1 Å². The third-order valence-corrected chi connectivity index (χ3v) is 4.66. The zero-order chi connectivity index (χ0) is 13.3. The molecule has 18 heavy (non-hydrogen) atoms. The fourth-order valence-corrected chi connectivity index (χ4v) is 2.84. The zero-order valence-electron chi connectivity index (χ0n) is 10.4. The molecular formula is C10H17N3O4S. The van der Waals surface area contributed by atoms with Crippen molar-refractivity contribution in [2.24, 2.45) is 0 Å². The molecule has 1 aromatic heterocycles. The number of rotatable bonds is 4. The highest BCUT2D eigenvalue weighted by molar-refractivity contribution is 7.87. The molecule has 8 heteroatoms. The Morgan fingerprint density at radius 3 is 2.89 bits per heavy atom. The maximum absolute atomic E-state index is 11.7. The maximum Gasteiger partial charge on any atom is 0.279 e. The predicted octanol–water partition coefficient (Wildman–Crippen LogP) is -0.580. The van der Waals surface area contributed by atoms with Gasteiger partial charge in [0.05, 0.1) is 6.61 Å². The molecule has 0 saturated carbocycles. The van der Waals surface area contributed by atoms with Crippen LogP contribution in [0.25, 0.3) is 0 Å². The van der Waals surface area contributed by atoms with E-state index >= 15 is 0 Å². The van der Waals surface area contributed by atoms with Gasteiger partial charge in [-0.3, -0.25) is 0 Å². The average molecular weight is 275 g/mol. The minimum Gasteiger partial charge on any atom is -0.390 e. The summed E-state index contributed by atoms with van der Waals surface area (Å²) in [6.45, 7) is -0.189. The summed E-state index contributed by atoms with van der Waals surface area (Å²) in [5, 5.41) is 12.9. The number of fused-ring (bicyclic) bond motifs is 1. The quantitative estimate of drug-likeness (QED) is 0.766. The minimum absolute atomic E-state index is 0.186. The molecule has 0 saturated heterocycles. The molecule has 2 rings (SSSR count). The highest BCUT2D eigenvalue weighted by atomic mass is 32.2. The molecule has 0 radical (unpaired) electrons. The Hall–Kier alpha value is -0.960. The van der Waals surface area contributed by atoms with Crippen LogP contribution in [0.5, 0.6) is 0 Å². The van der Waals surface area contributed by atoms with E-state index in [1.165, 1.54) is 14.1 Å². The molecule has 1 aliphatic carbocycles. The number of aliphatic hydroxyl groups is 1. The van der Waals surface area contributed by atoms with Crippen LogP contribution in [-0.2, 0) is 29.7 Å². The molecule has 0 spiro atoms. The van der Waals surface area contributed by atoms with Gasteiger partial charge in [-0.15, -0.1) is 0 Å². The third-order valence-electron chi connectivity index (χ3n) is 3.07. The summed E-state index contributed by atoms with van der Waals surface area (Å²) in [6.07, 6.45) is 1.80. The summed E-state index contributed by atoms with van der Waals surface area (Å²) in [5.41, 5.74) is 1.33. The Morgan fingerprint density at radius 1 is 1.56 bits per heavy atom. The van der Waals surface area contributed by atoms with E-state index in [1.54, 1.807) is 0 Å². The van der Waals surface area contributed by atoms with Crippen molar-refractivity contribution in [3.05, 3.63) is 17.0 Å². The van der Waals surface area contributed by atoms with Crippen LogP contribution in [0.1, 0.15) is 23.4 Å². The number of nitrogens with zero attached hydrogens (tertiary/aromatic N) is 2. The Balaban J connectivity index is 2.12. The monoisotopic (exact) mass is 275 g/mol. The lowest BCUT2D eigenvalue weighted by atomic mass is 9.93. The smallest absolute Gasteiger partial charge is 0.279 e. The van der Waals surface area contributed by atoms with Crippen molar-refractivity contribution in [2.45, 2.75) is 31.9 Å². The molecular weight excluding hydrogens is 258 g/mol. The summed E-state index contributed by atoms with van der Waals surface area (Å²) in [7, 11) is -0.471. The number of hydrogen-bond donors (Lipinski definition) is 2. The van der Waals surface area contributed by atoms with Crippen molar-refractivity contribution >= 4 is 10.2 Å². The number of hydrogen-bond acceptors (Lipinski definition) is 5. The second-order valence-electron chi connectivity index (χ2n) is 4.53. The normalized spacial score (nSPS) is 20.1. The van der Waals surface area contributed by atoms with Gasteiger partial charge in [-0.1, -0.05) is 5.16 Å². The van der Waals surface area contributed by atoms with E-state index in [0.29, 0.717) is 25.0 Å². The fraction of sp³-hybridized carbons (Fsp3) is 0.700. The molecule has 0 bridgehead atoms. The van der Waals surface area contributed by atoms with Crippen molar-refractivity contribution in [1.82, 2.24) is 14.2 Å². The molecule has 1 aromatic rings. The summed E-state index contributed by atoms with van der Waals surface area (Å²) in [5.74, 6) is 0.749. The van der Waals surface area contributed by atoms with Gasteiger partial charge in [-0.25, -0.2) is 0 Å². The second-order valence-corrected chi connectivity index (χ2v) is 6.45. The van der Waals surface area contributed by atoms with Crippen LogP contribution in [0.3, 0.4) is 0 Å². The first-order chi connectivity index (χ1) is 8.44. The molecule has 1 unspecified atom stereocenters. The average Bonchev–Trinajstić information content (AvgIpc) is 2.70. The van der Waals surface area contributed by atoms with E-state index in [1.807, 2.05) is 0 Å². The molecule has 0 aliphatic heterocycles. The van der Waals surface area contributed by atoms with Gasteiger partial charge in [0.25, 0.3) is 10.2 Å². The van der Waals surface area contributed by atoms with Crippen LogP contribution in [-0.4, -0.2) is 43.1 Å². The SMILES string of the molecule is CN(C)S(=O)(=O)NC1CCc2onc(CO)c2C1. The van der Waals surface area contributed by atoms with Gasteiger partial charge in [0.1, 0.15) is 11.5 Å². The van der Waals surface area contributed by atoms with E-state index in [-0.39, 0.29) is 12.6 Å². The van der Waals surface area contributed by atoms with Crippen molar-refractivity contribution in [1.29, 1.82) is 0 Å². The Bertz CT molecular complexity index is 510. The fourth-order valence-electron chi connectivity index (χ4n) is 2.00. The highest BCUT2D eigenvalue weighted by Gasteiger charge is 2.28. The largest absolute Gasteiger partial charge is 0.390 e. The van der Waals surface area contributed by atoms with Gasteiger partial charge in [-0.2, -0.15) is 17.4 Å². The van der Waals surface area contributed by atoms with Gasteiger partial charge in [-0.05, 0) is 12.8 Å². The number of aromatic nitrogens is 1. The second kappa shape index (κ2) is 4.96. The molecule has 7 nitrogen and oxygen atoms in total. The zero-order valence-corrected chi connectivity index (χ0v) is 11.2. The van der Waals surface area contributed by atoms with Crippen LogP contribution in [0.2, 0.25) is 0 Å². The standard InChI is InChI=1S/C10H17N3O4S/c1-13(2)18(15,16)12-7-3-4-10-8(5-7)9(6-14)11-17-10/h7,12,14H,3-6H2,1-2H3. The predicted molar refractivity (Wildman–Crippen MR) is 64.0 cm³/mol. The summed E-state index contributed by atoms with van der Waals surface area (Å²) in [4.78, 5) is 0. The van der Waals surface area contributed by atoms with Crippen molar-refractivity contribution in [3.63, 3.8) is 0 Å². The molecule has 0 aromatic carbocycles. The minimum atomic E-state index is -3.43. The molecule has 0 fully saturated rings. The Kier molecular flexibility index (Phi) is 3.71. The van der Waals surface area contributed by atoms with Crippen LogP contribution in [0.15, 0.2) is 4.52 Å². The maximum atomic E-state index is 11.7. The number of aliphatic hydroxyl groups excluding tert-OH is 1.